The van der Waals surface area contributed by atoms with Crippen LogP contribution in [0.1, 0.15) is 11.3 Å². The fraction of sp³-hybridized carbons (Fsp3) is 0.235. The predicted molar refractivity (Wildman–Crippen MR) is 85.1 cm³/mol. The molecule has 1 aromatic carbocycles. The number of nitrogens with zero attached hydrogens (tertiary/aromatic N) is 4. The summed E-state index contributed by atoms with van der Waals surface area (Å²) < 4.78 is 2.06. The van der Waals surface area contributed by atoms with E-state index in [1.54, 1.807) is 30.5 Å². The molecule has 0 spiro atoms. The number of amides is 1. The molecular formula is C17H18N4O. The molecule has 0 aliphatic carbocycles. The Bertz CT molecular complexity index is 795. The van der Waals surface area contributed by atoms with Crippen LogP contribution in [0.25, 0.3) is 10.9 Å². The summed E-state index contributed by atoms with van der Waals surface area (Å²) in [5, 5.41) is 1.13. The van der Waals surface area contributed by atoms with Gasteiger partial charge < -0.3 is 9.47 Å². The summed E-state index contributed by atoms with van der Waals surface area (Å²) in [5.74, 6) is 0.0713. The van der Waals surface area contributed by atoms with Crippen molar-refractivity contribution >= 4 is 16.8 Å². The molecule has 0 radical (unpaired) electrons. The first kappa shape index (κ1) is 14.3. The normalized spacial score (nSPS) is 10.8. The third kappa shape index (κ3) is 2.83. The summed E-state index contributed by atoms with van der Waals surface area (Å²) in [5.41, 5.74) is 2.98. The van der Waals surface area contributed by atoms with Gasteiger partial charge >= 0.3 is 0 Å². The van der Waals surface area contributed by atoms with Crippen molar-refractivity contribution in [2.45, 2.75) is 13.0 Å². The number of likely N-dealkylation sites (N-methyl/N-ethyl adjacent to an activating group) is 1. The zero-order valence-corrected chi connectivity index (χ0v) is 12.7. The van der Waals surface area contributed by atoms with E-state index in [1.807, 2.05) is 25.4 Å². The van der Waals surface area contributed by atoms with Crippen LogP contribution in [0.4, 0.5) is 0 Å². The number of carbonyl (C=O) groups excluding carboxylic acids is 1. The molecule has 3 rings (SSSR count). The lowest BCUT2D eigenvalue weighted by Gasteiger charge is -2.16. The van der Waals surface area contributed by atoms with E-state index in [-0.39, 0.29) is 5.91 Å². The van der Waals surface area contributed by atoms with E-state index >= 15 is 0 Å². The minimum absolute atomic E-state index is 0.0713. The van der Waals surface area contributed by atoms with Crippen molar-refractivity contribution in [2.75, 3.05) is 7.05 Å². The molecule has 2 aromatic heterocycles. The van der Waals surface area contributed by atoms with E-state index in [0.717, 1.165) is 22.2 Å². The molecular weight excluding hydrogens is 276 g/mol. The Balaban J connectivity index is 1.75. The number of fused-ring (bicyclic) bond motifs is 1. The molecule has 0 bridgehead atoms. The lowest BCUT2D eigenvalue weighted by atomic mass is 10.1. The molecule has 0 fully saturated rings. The predicted octanol–water partition coefficient (Wildman–Crippen LogP) is 2.17. The molecule has 5 heteroatoms. The summed E-state index contributed by atoms with van der Waals surface area (Å²) >= 11 is 0. The van der Waals surface area contributed by atoms with Gasteiger partial charge in [0, 0.05) is 43.6 Å². The second kappa shape index (κ2) is 5.97. The van der Waals surface area contributed by atoms with Gasteiger partial charge in [0.1, 0.15) is 0 Å². The summed E-state index contributed by atoms with van der Waals surface area (Å²) in [6, 6.07) is 8.13. The maximum atomic E-state index is 12.4. The van der Waals surface area contributed by atoms with Gasteiger partial charge in [0.05, 0.1) is 24.9 Å². The van der Waals surface area contributed by atoms with Crippen molar-refractivity contribution in [3.05, 3.63) is 60.3 Å². The molecule has 2 heterocycles. The standard InChI is InChI=1S/C17H18N4O/c1-20-11-13(15-5-3-4-6-16(15)20)9-17(22)21(2)12-14-10-18-7-8-19-14/h3-8,10-11H,9,12H2,1-2H3. The fourth-order valence-corrected chi connectivity index (χ4v) is 2.61. The van der Waals surface area contributed by atoms with E-state index in [9.17, 15) is 4.79 Å². The SMILES string of the molecule is CN(Cc1cnccn1)C(=O)Cc1cn(C)c2ccccc12. The van der Waals surface area contributed by atoms with Crippen molar-refractivity contribution in [3.63, 3.8) is 0 Å². The van der Waals surface area contributed by atoms with Gasteiger partial charge in [0.2, 0.25) is 5.91 Å². The first-order valence-corrected chi connectivity index (χ1v) is 7.17. The van der Waals surface area contributed by atoms with Gasteiger partial charge in [-0.3, -0.25) is 14.8 Å². The maximum absolute atomic E-state index is 12.4. The fourth-order valence-electron chi connectivity index (χ4n) is 2.61. The number of aromatic nitrogens is 3. The van der Waals surface area contributed by atoms with Crippen molar-refractivity contribution in [1.82, 2.24) is 19.4 Å². The lowest BCUT2D eigenvalue weighted by Crippen LogP contribution is -2.28. The number of hydrogen-bond donors (Lipinski definition) is 0. The zero-order valence-electron chi connectivity index (χ0n) is 12.7. The summed E-state index contributed by atoms with van der Waals surface area (Å²) in [4.78, 5) is 22.3. The van der Waals surface area contributed by atoms with Gasteiger partial charge in [-0.05, 0) is 11.6 Å². The minimum Gasteiger partial charge on any atom is -0.350 e. The van der Waals surface area contributed by atoms with Gasteiger partial charge in [-0.25, -0.2) is 0 Å². The molecule has 0 unspecified atom stereocenters. The van der Waals surface area contributed by atoms with Gasteiger partial charge in [-0.15, -0.1) is 0 Å². The van der Waals surface area contributed by atoms with Crippen molar-refractivity contribution in [3.8, 4) is 0 Å². The Morgan fingerprint density at radius 3 is 2.86 bits per heavy atom. The third-order valence-corrected chi connectivity index (χ3v) is 3.76. The average molecular weight is 294 g/mol. The van der Waals surface area contributed by atoms with E-state index in [2.05, 4.69) is 26.7 Å². The topological polar surface area (TPSA) is 51.0 Å². The highest BCUT2D eigenvalue weighted by Crippen LogP contribution is 2.21. The molecule has 0 N–H and O–H groups in total. The van der Waals surface area contributed by atoms with Crippen LogP contribution in [0.15, 0.2) is 49.1 Å². The van der Waals surface area contributed by atoms with Crippen LogP contribution in [0, 0.1) is 0 Å². The second-order valence-corrected chi connectivity index (χ2v) is 5.41. The second-order valence-electron chi connectivity index (χ2n) is 5.41. The lowest BCUT2D eigenvalue weighted by molar-refractivity contribution is -0.129. The van der Waals surface area contributed by atoms with Crippen LogP contribution in [-0.4, -0.2) is 32.4 Å². The number of benzene rings is 1. The maximum Gasteiger partial charge on any atom is 0.227 e. The molecule has 0 aliphatic rings. The minimum atomic E-state index is 0.0713. The van der Waals surface area contributed by atoms with Crippen LogP contribution in [-0.2, 0) is 24.8 Å². The smallest absolute Gasteiger partial charge is 0.227 e. The van der Waals surface area contributed by atoms with E-state index in [1.165, 1.54) is 0 Å². The highest BCUT2D eigenvalue weighted by Gasteiger charge is 2.14. The van der Waals surface area contributed by atoms with E-state index in [4.69, 9.17) is 0 Å². The molecule has 1 amide bonds. The molecule has 0 saturated carbocycles. The molecule has 0 saturated heterocycles. The molecule has 5 nitrogen and oxygen atoms in total. The summed E-state index contributed by atoms with van der Waals surface area (Å²) in [6.45, 7) is 0.470. The van der Waals surface area contributed by atoms with Crippen LogP contribution in [0.5, 0.6) is 0 Å². The molecule has 112 valence electrons. The summed E-state index contributed by atoms with van der Waals surface area (Å²) in [6.07, 6.45) is 7.36. The van der Waals surface area contributed by atoms with E-state index < -0.39 is 0 Å². The van der Waals surface area contributed by atoms with Gasteiger partial charge in [0.25, 0.3) is 0 Å². The van der Waals surface area contributed by atoms with Crippen LogP contribution in [0.3, 0.4) is 0 Å². The molecule has 3 aromatic rings. The quantitative estimate of drug-likeness (QED) is 0.741. The number of para-hydroxylation sites is 1. The molecule has 0 atom stereocenters. The zero-order chi connectivity index (χ0) is 15.5. The van der Waals surface area contributed by atoms with Crippen LogP contribution in [0.2, 0.25) is 0 Å². The van der Waals surface area contributed by atoms with Gasteiger partial charge in [-0.1, -0.05) is 18.2 Å². The van der Waals surface area contributed by atoms with Crippen LogP contribution >= 0.6 is 0 Å². The first-order valence-electron chi connectivity index (χ1n) is 7.17. The monoisotopic (exact) mass is 294 g/mol. The Labute approximate surface area is 129 Å². The number of aryl methyl sites for hydroxylation is 1. The van der Waals surface area contributed by atoms with E-state index in [0.29, 0.717) is 13.0 Å². The van der Waals surface area contributed by atoms with Gasteiger partial charge in [0.15, 0.2) is 0 Å². The van der Waals surface area contributed by atoms with Crippen molar-refractivity contribution in [2.24, 2.45) is 7.05 Å². The van der Waals surface area contributed by atoms with Crippen LogP contribution < -0.4 is 0 Å². The largest absolute Gasteiger partial charge is 0.350 e. The molecule has 22 heavy (non-hydrogen) atoms. The van der Waals surface area contributed by atoms with Gasteiger partial charge in [-0.2, -0.15) is 0 Å². The number of rotatable bonds is 4. The molecule has 0 aliphatic heterocycles. The number of hydrogen-bond acceptors (Lipinski definition) is 3. The Kier molecular flexibility index (Phi) is 3.87. The average Bonchev–Trinajstić information content (AvgIpc) is 2.85. The summed E-state index contributed by atoms with van der Waals surface area (Å²) in [7, 11) is 3.79. The third-order valence-electron chi connectivity index (χ3n) is 3.76. The van der Waals surface area contributed by atoms with Crippen molar-refractivity contribution in [1.29, 1.82) is 0 Å². The first-order chi connectivity index (χ1) is 10.6. The highest BCUT2D eigenvalue weighted by atomic mass is 16.2. The Morgan fingerprint density at radius 1 is 1.27 bits per heavy atom. The Morgan fingerprint density at radius 2 is 2.09 bits per heavy atom. The Hall–Kier alpha value is -2.69. The number of carbonyl (C=O) groups is 1. The highest BCUT2D eigenvalue weighted by molar-refractivity contribution is 5.89. The van der Waals surface area contributed by atoms with Crippen molar-refractivity contribution < 1.29 is 4.79 Å².